The van der Waals surface area contributed by atoms with E-state index in [1.54, 1.807) is 4.90 Å². The first kappa shape index (κ1) is 13.0. The molecule has 6 heteroatoms. The van der Waals surface area contributed by atoms with Crippen LogP contribution in [0, 0.1) is 0 Å². The summed E-state index contributed by atoms with van der Waals surface area (Å²) < 4.78 is 0. The first-order chi connectivity index (χ1) is 8.58. The number of nitrogens with zero attached hydrogens (tertiary/aromatic N) is 3. The van der Waals surface area contributed by atoms with Gasteiger partial charge in [0.25, 0.3) is 5.91 Å². The van der Waals surface area contributed by atoms with Gasteiger partial charge in [-0.3, -0.25) is 9.59 Å². The standard InChI is InChI=1S/C12H20N4O2/c1-15-7-5-9(6-8-15)16(2)12(18)10-3-4-11(17)14-13-10/h9H,3-8H2,1-2H3,(H,14,17). The number of hydrogen-bond donors (Lipinski definition) is 1. The lowest BCUT2D eigenvalue weighted by atomic mass is 10.0. The van der Waals surface area contributed by atoms with E-state index in [4.69, 9.17) is 0 Å². The van der Waals surface area contributed by atoms with Gasteiger partial charge in [0.15, 0.2) is 0 Å². The van der Waals surface area contributed by atoms with E-state index in [-0.39, 0.29) is 17.9 Å². The molecular formula is C12H20N4O2. The van der Waals surface area contributed by atoms with Crippen LogP contribution in [-0.2, 0) is 9.59 Å². The molecule has 0 aromatic carbocycles. The predicted octanol–water partition coefficient (Wildman–Crippen LogP) is -0.195. The Kier molecular flexibility index (Phi) is 3.96. The van der Waals surface area contributed by atoms with Crippen LogP contribution in [0.3, 0.4) is 0 Å². The topological polar surface area (TPSA) is 65.0 Å². The van der Waals surface area contributed by atoms with E-state index in [0.29, 0.717) is 18.6 Å². The highest BCUT2D eigenvalue weighted by molar-refractivity contribution is 6.39. The lowest BCUT2D eigenvalue weighted by Gasteiger charge is -2.35. The van der Waals surface area contributed by atoms with Crippen LogP contribution in [-0.4, -0.2) is 60.6 Å². The molecule has 100 valence electrons. The van der Waals surface area contributed by atoms with Crippen molar-refractivity contribution in [2.75, 3.05) is 27.2 Å². The molecule has 1 N–H and O–H groups in total. The molecule has 1 fully saturated rings. The van der Waals surface area contributed by atoms with E-state index in [2.05, 4.69) is 22.5 Å². The number of amides is 2. The average molecular weight is 252 g/mol. The Labute approximate surface area is 107 Å². The van der Waals surface area contributed by atoms with Crippen LogP contribution in [0.15, 0.2) is 5.10 Å². The van der Waals surface area contributed by atoms with Gasteiger partial charge in [0.05, 0.1) is 0 Å². The normalized spacial score (nSPS) is 22.3. The zero-order chi connectivity index (χ0) is 13.1. The van der Waals surface area contributed by atoms with Crippen molar-refractivity contribution in [1.82, 2.24) is 15.2 Å². The van der Waals surface area contributed by atoms with Crippen molar-refractivity contribution >= 4 is 17.5 Å². The summed E-state index contributed by atoms with van der Waals surface area (Å²) in [5, 5.41) is 3.86. The summed E-state index contributed by atoms with van der Waals surface area (Å²) in [5.74, 6) is -0.168. The minimum absolute atomic E-state index is 0.0513. The van der Waals surface area contributed by atoms with Crippen LogP contribution >= 0.6 is 0 Å². The van der Waals surface area contributed by atoms with E-state index in [1.165, 1.54) is 0 Å². The molecule has 2 aliphatic rings. The van der Waals surface area contributed by atoms with Crippen molar-refractivity contribution in [1.29, 1.82) is 0 Å². The number of nitrogens with one attached hydrogen (secondary N) is 1. The molecule has 0 aliphatic carbocycles. The van der Waals surface area contributed by atoms with E-state index in [0.717, 1.165) is 25.9 Å². The smallest absolute Gasteiger partial charge is 0.270 e. The van der Waals surface area contributed by atoms with Crippen molar-refractivity contribution in [3.8, 4) is 0 Å². The molecule has 0 spiro atoms. The zero-order valence-electron chi connectivity index (χ0n) is 11.0. The minimum atomic E-state index is -0.117. The summed E-state index contributed by atoms with van der Waals surface area (Å²) in [5.41, 5.74) is 2.84. The number of rotatable bonds is 2. The molecule has 0 radical (unpaired) electrons. The van der Waals surface area contributed by atoms with Crippen molar-refractivity contribution < 1.29 is 9.59 Å². The molecule has 0 aromatic rings. The fraction of sp³-hybridized carbons (Fsp3) is 0.750. The second-order valence-corrected chi connectivity index (χ2v) is 5.04. The summed E-state index contributed by atoms with van der Waals surface area (Å²) in [6, 6.07) is 0.286. The number of hydrazone groups is 1. The Morgan fingerprint density at radius 3 is 2.61 bits per heavy atom. The quantitative estimate of drug-likeness (QED) is 0.740. The molecule has 0 bridgehead atoms. The van der Waals surface area contributed by atoms with Gasteiger partial charge in [-0.1, -0.05) is 0 Å². The largest absolute Gasteiger partial charge is 0.338 e. The van der Waals surface area contributed by atoms with Crippen molar-refractivity contribution in [3.05, 3.63) is 0 Å². The molecule has 2 rings (SSSR count). The molecule has 2 heterocycles. The number of carbonyl (C=O) groups excluding carboxylic acids is 2. The van der Waals surface area contributed by atoms with Crippen LogP contribution in [0.25, 0.3) is 0 Å². The van der Waals surface area contributed by atoms with Gasteiger partial charge in [-0.05, 0) is 33.0 Å². The monoisotopic (exact) mass is 252 g/mol. The Morgan fingerprint density at radius 1 is 1.39 bits per heavy atom. The van der Waals surface area contributed by atoms with Gasteiger partial charge in [-0.25, -0.2) is 5.43 Å². The van der Waals surface area contributed by atoms with Crippen LogP contribution in [0.5, 0.6) is 0 Å². The lowest BCUT2D eigenvalue weighted by Crippen LogP contribution is -2.47. The van der Waals surface area contributed by atoms with E-state index in [1.807, 2.05) is 7.05 Å². The van der Waals surface area contributed by atoms with Gasteiger partial charge >= 0.3 is 0 Å². The lowest BCUT2D eigenvalue weighted by molar-refractivity contribution is -0.126. The molecule has 2 amide bonds. The summed E-state index contributed by atoms with van der Waals surface area (Å²) in [4.78, 5) is 27.3. The maximum Gasteiger partial charge on any atom is 0.270 e. The predicted molar refractivity (Wildman–Crippen MR) is 68.1 cm³/mol. The fourth-order valence-corrected chi connectivity index (χ4v) is 2.38. The molecule has 0 saturated carbocycles. The van der Waals surface area contributed by atoms with Crippen LogP contribution in [0.2, 0.25) is 0 Å². The van der Waals surface area contributed by atoms with Crippen LogP contribution in [0.4, 0.5) is 0 Å². The summed E-state index contributed by atoms with van der Waals surface area (Å²) in [6.45, 7) is 2.04. The van der Waals surface area contributed by atoms with Gasteiger partial charge in [0, 0.05) is 25.9 Å². The Morgan fingerprint density at radius 2 is 2.06 bits per heavy atom. The fourth-order valence-electron chi connectivity index (χ4n) is 2.38. The van der Waals surface area contributed by atoms with Gasteiger partial charge in [0.1, 0.15) is 5.71 Å². The van der Waals surface area contributed by atoms with Gasteiger partial charge in [-0.2, -0.15) is 5.10 Å². The molecule has 18 heavy (non-hydrogen) atoms. The van der Waals surface area contributed by atoms with Crippen LogP contribution < -0.4 is 5.43 Å². The van der Waals surface area contributed by atoms with Crippen molar-refractivity contribution in [2.45, 2.75) is 31.7 Å². The molecular weight excluding hydrogens is 232 g/mol. The third kappa shape index (κ3) is 2.87. The number of piperidine rings is 1. The zero-order valence-corrected chi connectivity index (χ0v) is 11.0. The highest BCUT2D eigenvalue weighted by Crippen LogP contribution is 2.15. The summed E-state index contributed by atoms with van der Waals surface area (Å²) in [7, 11) is 3.93. The second-order valence-electron chi connectivity index (χ2n) is 5.04. The summed E-state index contributed by atoms with van der Waals surface area (Å²) in [6.07, 6.45) is 2.80. The second kappa shape index (κ2) is 5.48. The molecule has 0 aromatic heterocycles. The average Bonchev–Trinajstić information content (AvgIpc) is 2.39. The van der Waals surface area contributed by atoms with E-state index in [9.17, 15) is 9.59 Å². The molecule has 0 unspecified atom stereocenters. The molecule has 0 atom stereocenters. The number of hydrogen-bond acceptors (Lipinski definition) is 4. The molecule has 2 aliphatic heterocycles. The minimum Gasteiger partial charge on any atom is -0.338 e. The summed E-state index contributed by atoms with van der Waals surface area (Å²) >= 11 is 0. The van der Waals surface area contributed by atoms with Crippen LogP contribution in [0.1, 0.15) is 25.7 Å². The Hall–Kier alpha value is -1.43. The highest BCUT2D eigenvalue weighted by atomic mass is 16.2. The maximum atomic E-state index is 12.2. The SMILES string of the molecule is CN1CCC(N(C)C(=O)C2=NNC(=O)CC2)CC1. The van der Waals surface area contributed by atoms with Crippen molar-refractivity contribution in [3.63, 3.8) is 0 Å². The first-order valence-corrected chi connectivity index (χ1v) is 6.39. The highest BCUT2D eigenvalue weighted by Gasteiger charge is 2.28. The van der Waals surface area contributed by atoms with Gasteiger partial charge in [0.2, 0.25) is 5.91 Å². The van der Waals surface area contributed by atoms with Gasteiger partial charge < -0.3 is 9.80 Å². The molecule has 6 nitrogen and oxygen atoms in total. The van der Waals surface area contributed by atoms with E-state index >= 15 is 0 Å². The van der Waals surface area contributed by atoms with Gasteiger partial charge in [-0.15, -0.1) is 0 Å². The number of likely N-dealkylation sites (tertiary alicyclic amines) is 1. The third-order valence-electron chi connectivity index (χ3n) is 3.71. The van der Waals surface area contributed by atoms with E-state index < -0.39 is 0 Å². The first-order valence-electron chi connectivity index (χ1n) is 6.39. The van der Waals surface area contributed by atoms with Crippen molar-refractivity contribution in [2.24, 2.45) is 5.10 Å². The Bertz CT molecular complexity index is 372. The third-order valence-corrected chi connectivity index (χ3v) is 3.71. The number of carbonyl (C=O) groups is 2. The molecule has 1 saturated heterocycles. The Balaban J connectivity index is 1.94. The maximum absolute atomic E-state index is 12.2.